The molecule has 2 amide bonds. The first-order valence-corrected chi connectivity index (χ1v) is 20.1. The quantitative estimate of drug-likeness (QED) is 0.121. The number of amides is 2. The van der Waals surface area contributed by atoms with E-state index in [1.54, 1.807) is 6.20 Å². The summed E-state index contributed by atoms with van der Waals surface area (Å²) in [5, 5.41) is 0.0889. The second kappa shape index (κ2) is 14.6. The molecule has 0 unspecified atom stereocenters. The Bertz CT molecular complexity index is 1660. The van der Waals surface area contributed by atoms with Crippen LogP contribution in [0.2, 0.25) is 18.1 Å². The van der Waals surface area contributed by atoms with Gasteiger partial charge in [0, 0.05) is 50.4 Å². The summed E-state index contributed by atoms with van der Waals surface area (Å²) in [5.41, 5.74) is 7.49. The van der Waals surface area contributed by atoms with Crippen molar-refractivity contribution >= 4 is 25.7 Å². The zero-order chi connectivity index (χ0) is 33.7. The van der Waals surface area contributed by atoms with E-state index in [2.05, 4.69) is 87.3 Å². The highest BCUT2D eigenvalue weighted by Crippen LogP contribution is 2.38. The van der Waals surface area contributed by atoms with Crippen LogP contribution in [0.15, 0.2) is 108 Å². The molecule has 1 saturated heterocycles. The molecule has 3 heterocycles. The molecule has 4 aromatic rings. The van der Waals surface area contributed by atoms with Crippen LogP contribution < -0.4 is 0 Å². The van der Waals surface area contributed by atoms with Crippen LogP contribution in [0.25, 0.3) is 0 Å². The smallest absolute Gasteiger partial charge is 0.320 e. The van der Waals surface area contributed by atoms with E-state index in [1.807, 2.05) is 58.3 Å². The monoisotopic (exact) mass is 659 g/mol. The van der Waals surface area contributed by atoms with Crippen molar-refractivity contribution in [2.75, 3.05) is 32.7 Å². The number of nitrogens with zero attached hydrogens (tertiary/aromatic N) is 5. The first-order valence-electron chi connectivity index (χ1n) is 17.2. The van der Waals surface area contributed by atoms with Crippen molar-refractivity contribution in [1.29, 1.82) is 0 Å². The minimum absolute atomic E-state index is 0.0428. The molecule has 6 rings (SSSR count). The Balaban J connectivity index is 1.12. The fraction of sp³-hybridized carbons (Fsp3) is 0.375. The summed E-state index contributed by atoms with van der Waals surface area (Å²) in [6.07, 6.45) is 2.81. The summed E-state index contributed by atoms with van der Waals surface area (Å²) in [7, 11) is -2.06. The Morgan fingerprint density at radius 3 is 2.06 bits per heavy atom. The molecule has 1 fully saturated rings. The summed E-state index contributed by atoms with van der Waals surface area (Å²) in [6.45, 7) is 16.7. The van der Waals surface area contributed by atoms with E-state index in [1.165, 1.54) is 11.1 Å². The number of hydrogen-bond donors (Lipinski definition) is 0. The van der Waals surface area contributed by atoms with Gasteiger partial charge in [0.15, 0.2) is 8.32 Å². The van der Waals surface area contributed by atoms with Gasteiger partial charge in [-0.1, -0.05) is 106 Å². The molecule has 2 aliphatic rings. The third-order valence-corrected chi connectivity index (χ3v) is 14.6. The van der Waals surface area contributed by atoms with Gasteiger partial charge in [-0.2, -0.15) is 0 Å². The average molecular weight is 660 g/mol. The van der Waals surface area contributed by atoms with E-state index >= 15 is 0 Å². The molecule has 8 heteroatoms. The number of benzene rings is 3. The SMILES string of the molecule is CC(C)(C)[Si](C)(C)O[C@H](CN1CCc2ccccc2C1)CN1CCN(Cc2ccc(N=C(c3ccccc3)c3ccccc3)cn2)C1=O. The van der Waals surface area contributed by atoms with Gasteiger partial charge in [0.05, 0.1) is 35.9 Å². The highest BCUT2D eigenvalue weighted by molar-refractivity contribution is 6.74. The maximum absolute atomic E-state index is 13.7. The van der Waals surface area contributed by atoms with Crippen LogP contribution in [0.4, 0.5) is 10.5 Å². The number of rotatable bonds is 11. The minimum Gasteiger partial charge on any atom is -0.411 e. The van der Waals surface area contributed by atoms with Crippen LogP contribution in [0.1, 0.15) is 48.7 Å². The lowest BCUT2D eigenvalue weighted by Crippen LogP contribution is -2.51. The van der Waals surface area contributed by atoms with Crippen molar-refractivity contribution < 1.29 is 9.22 Å². The van der Waals surface area contributed by atoms with E-state index in [0.29, 0.717) is 26.2 Å². The number of carbonyl (C=O) groups excluding carboxylic acids is 1. The number of aromatic nitrogens is 1. The lowest BCUT2D eigenvalue weighted by atomic mass is 10.00. The number of aliphatic imine (C=N–C) groups is 1. The zero-order valence-electron chi connectivity index (χ0n) is 29.1. The van der Waals surface area contributed by atoms with Gasteiger partial charge in [0.2, 0.25) is 0 Å². The summed E-state index contributed by atoms with van der Waals surface area (Å²) in [6, 6.07) is 33.2. The molecule has 1 aromatic heterocycles. The Morgan fingerprint density at radius 2 is 1.44 bits per heavy atom. The molecule has 0 spiro atoms. The Kier molecular flexibility index (Phi) is 10.2. The third-order valence-electron chi connectivity index (χ3n) is 10.0. The lowest BCUT2D eigenvalue weighted by Gasteiger charge is -2.42. The molecule has 1 atom stereocenters. The molecule has 0 bridgehead atoms. The van der Waals surface area contributed by atoms with Gasteiger partial charge in [-0.05, 0) is 47.8 Å². The topological polar surface area (TPSA) is 61.3 Å². The number of fused-ring (bicyclic) bond motifs is 1. The Hall–Kier alpha value is -4.11. The van der Waals surface area contributed by atoms with Gasteiger partial charge < -0.3 is 14.2 Å². The molecule has 48 heavy (non-hydrogen) atoms. The average Bonchev–Trinajstić information content (AvgIpc) is 3.42. The first-order chi connectivity index (χ1) is 23.1. The number of urea groups is 1. The minimum atomic E-state index is -2.06. The molecule has 7 nitrogen and oxygen atoms in total. The van der Waals surface area contributed by atoms with Crippen LogP contribution in [0.3, 0.4) is 0 Å². The van der Waals surface area contributed by atoms with Crippen LogP contribution in [0.5, 0.6) is 0 Å². The zero-order valence-corrected chi connectivity index (χ0v) is 30.1. The van der Waals surface area contributed by atoms with Gasteiger partial charge in [-0.25, -0.2) is 9.79 Å². The molecular weight excluding hydrogens is 611 g/mol. The Morgan fingerprint density at radius 1 is 0.812 bits per heavy atom. The predicted octanol–water partition coefficient (Wildman–Crippen LogP) is 7.94. The van der Waals surface area contributed by atoms with Crippen LogP contribution in [0, 0.1) is 0 Å². The van der Waals surface area contributed by atoms with E-state index in [9.17, 15) is 4.79 Å². The third kappa shape index (κ3) is 8.12. The molecule has 250 valence electrons. The second-order valence-electron chi connectivity index (χ2n) is 14.6. The van der Waals surface area contributed by atoms with Gasteiger partial charge in [-0.3, -0.25) is 9.88 Å². The fourth-order valence-electron chi connectivity index (χ4n) is 6.31. The lowest BCUT2D eigenvalue weighted by molar-refractivity contribution is 0.0878. The maximum Gasteiger partial charge on any atom is 0.320 e. The fourth-order valence-corrected chi connectivity index (χ4v) is 7.64. The van der Waals surface area contributed by atoms with Crippen molar-refractivity contribution in [3.63, 3.8) is 0 Å². The number of hydrogen-bond acceptors (Lipinski definition) is 5. The van der Waals surface area contributed by atoms with Gasteiger partial charge in [0.1, 0.15) is 0 Å². The van der Waals surface area contributed by atoms with E-state index < -0.39 is 8.32 Å². The molecule has 0 radical (unpaired) electrons. The normalized spacial score (nSPS) is 16.1. The molecule has 3 aromatic carbocycles. The predicted molar refractivity (Wildman–Crippen MR) is 197 cm³/mol. The standard InChI is InChI=1S/C40H49N5O2Si/c1-40(2,3)48(4,5)47-37(29-43-23-22-31-14-12-13-19-34(31)27-43)30-45-25-24-44(39(45)46)28-36-21-20-35(26-41-36)42-38(32-15-8-6-9-16-32)33-17-10-7-11-18-33/h6-21,26,37H,22-25,27-30H2,1-5H3/t37-/m1/s1. The van der Waals surface area contributed by atoms with Crippen molar-refractivity contribution in [3.05, 3.63) is 131 Å². The molecule has 2 aliphatic heterocycles. The maximum atomic E-state index is 13.7. The molecular formula is C40H49N5O2Si. The van der Waals surface area contributed by atoms with Crippen LogP contribution >= 0.6 is 0 Å². The molecule has 0 N–H and O–H groups in total. The van der Waals surface area contributed by atoms with Gasteiger partial charge in [-0.15, -0.1) is 0 Å². The molecule has 0 saturated carbocycles. The second-order valence-corrected chi connectivity index (χ2v) is 19.4. The van der Waals surface area contributed by atoms with E-state index in [0.717, 1.165) is 54.3 Å². The Labute approximate surface area is 287 Å². The van der Waals surface area contributed by atoms with Crippen molar-refractivity contribution in [3.8, 4) is 0 Å². The number of pyridine rings is 1. The van der Waals surface area contributed by atoms with Crippen LogP contribution in [-0.2, 0) is 23.9 Å². The van der Waals surface area contributed by atoms with Crippen LogP contribution in [-0.4, -0.2) is 78.6 Å². The summed E-state index contributed by atoms with van der Waals surface area (Å²) >= 11 is 0. The number of carbonyl (C=O) groups is 1. The summed E-state index contributed by atoms with van der Waals surface area (Å²) < 4.78 is 7.03. The van der Waals surface area contributed by atoms with Gasteiger partial charge in [0.25, 0.3) is 0 Å². The largest absolute Gasteiger partial charge is 0.411 e. The van der Waals surface area contributed by atoms with Crippen molar-refractivity contribution in [2.24, 2.45) is 4.99 Å². The van der Waals surface area contributed by atoms with Crippen molar-refractivity contribution in [2.45, 2.75) is 64.5 Å². The highest BCUT2D eigenvalue weighted by atomic mass is 28.4. The van der Waals surface area contributed by atoms with Gasteiger partial charge >= 0.3 is 6.03 Å². The van der Waals surface area contributed by atoms with E-state index in [4.69, 9.17) is 14.4 Å². The van der Waals surface area contributed by atoms with Crippen molar-refractivity contribution in [1.82, 2.24) is 19.7 Å². The summed E-state index contributed by atoms with van der Waals surface area (Å²) in [5.74, 6) is 0. The van der Waals surface area contributed by atoms with E-state index in [-0.39, 0.29) is 17.2 Å². The summed E-state index contributed by atoms with van der Waals surface area (Å²) in [4.78, 5) is 29.9. The molecule has 0 aliphatic carbocycles. The first kappa shape index (κ1) is 33.8. The highest BCUT2D eigenvalue weighted by Gasteiger charge is 2.41.